The van der Waals surface area contributed by atoms with Crippen LogP contribution in [0.5, 0.6) is 0 Å². The molecule has 0 aromatic heterocycles. The fraction of sp³-hybridized carbons (Fsp3) is 0.533. The van der Waals surface area contributed by atoms with E-state index in [4.69, 9.17) is 0 Å². The summed E-state index contributed by atoms with van der Waals surface area (Å²) < 4.78 is 0. The van der Waals surface area contributed by atoms with Gasteiger partial charge < -0.3 is 4.90 Å². The van der Waals surface area contributed by atoms with Gasteiger partial charge in [0.05, 0.1) is 0 Å². The van der Waals surface area contributed by atoms with Crippen LogP contribution in [-0.4, -0.2) is 23.1 Å². The number of nitrogens with zero attached hydrogens (tertiary/aromatic N) is 1. The summed E-state index contributed by atoms with van der Waals surface area (Å²) >= 11 is 4.59. The van der Waals surface area contributed by atoms with E-state index in [-0.39, 0.29) is 0 Å². The number of benzene rings is 1. The molecule has 1 aliphatic carbocycles. The summed E-state index contributed by atoms with van der Waals surface area (Å²) in [5.74, 6) is 0. The minimum absolute atomic E-state index is 0.320. The summed E-state index contributed by atoms with van der Waals surface area (Å²) in [5.41, 5.74) is 1.51. The van der Waals surface area contributed by atoms with Crippen LogP contribution in [0.4, 0.5) is 0 Å². The second-order valence-electron chi connectivity index (χ2n) is 5.52. The van der Waals surface area contributed by atoms with Gasteiger partial charge in [0.2, 0.25) is 6.41 Å². The predicted octanol–water partition coefficient (Wildman–Crippen LogP) is 3.13. The van der Waals surface area contributed by atoms with Gasteiger partial charge in [-0.25, -0.2) is 0 Å². The summed E-state index contributed by atoms with van der Waals surface area (Å²) in [6.07, 6.45) is 4.45. The van der Waals surface area contributed by atoms with Crippen molar-refractivity contribution in [3.8, 4) is 0 Å². The molecule has 1 amide bonds. The van der Waals surface area contributed by atoms with Gasteiger partial charge in [0.25, 0.3) is 0 Å². The maximum atomic E-state index is 11.1. The molecule has 98 valence electrons. The lowest BCUT2D eigenvalue weighted by molar-refractivity contribution is -0.119. The first kappa shape index (κ1) is 13.5. The number of hydrogen-bond donors (Lipinski definition) is 1. The molecular formula is C15H21NOS. The van der Waals surface area contributed by atoms with Crippen LogP contribution in [0.25, 0.3) is 0 Å². The predicted molar refractivity (Wildman–Crippen MR) is 77.6 cm³/mol. The van der Waals surface area contributed by atoms with Crippen LogP contribution in [0.3, 0.4) is 0 Å². The van der Waals surface area contributed by atoms with Crippen molar-refractivity contribution < 1.29 is 4.79 Å². The molecule has 0 bridgehead atoms. The number of rotatable bonds is 6. The summed E-state index contributed by atoms with van der Waals surface area (Å²) in [6.45, 7) is 3.81. The van der Waals surface area contributed by atoms with Gasteiger partial charge in [-0.15, -0.1) is 0 Å². The molecule has 0 saturated heterocycles. The maximum Gasteiger partial charge on any atom is 0.210 e. The van der Waals surface area contributed by atoms with E-state index in [9.17, 15) is 4.79 Å². The molecule has 0 radical (unpaired) electrons. The molecule has 18 heavy (non-hydrogen) atoms. The molecule has 1 aromatic carbocycles. The molecule has 0 heterocycles. The summed E-state index contributed by atoms with van der Waals surface area (Å²) in [5, 5.41) is 0.503. The Morgan fingerprint density at radius 2 is 2.17 bits per heavy atom. The largest absolute Gasteiger partial charge is 0.341 e. The SMILES string of the molecule is CC1(CCN(C=O)Cc2ccccc2)CCC1S. The van der Waals surface area contributed by atoms with E-state index in [0.717, 1.165) is 19.4 Å². The highest BCUT2D eigenvalue weighted by atomic mass is 32.1. The highest BCUT2D eigenvalue weighted by Gasteiger charge is 2.39. The molecule has 1 aromatic rings. The molecule has 2 nitrogen and oxygen atoms in total. The Hall–Kier alpha value is -0.960. The Morgan fingerprint density at radius 3 is 2.67 bits per heavy atom. The van der Waals surface area contributed by atoms with Crippen molar-refractivity contribution in [1.82, 2.24) is 4.90 Å². The van der Waals surface area contributed by atoms with Crippen molar-refractivity contribution >= 4 is 19.0 Å². The van der Waals surface area contributed by atoms with Crippen LogP contribution in [0, 0.1) is 5.41 Å². The normalized spacial score (nSPS) is 26.4. The fourth-order valence-electron chi connectivity index (χ4n) is 2.44. The first-order chi connectivity index (χ1) is 8.64. The fourth-order valence-corrected chi connectivity index (χ4v) is 2.83. The van der Waals surface area contributed by atoms with Crippen molar-refractivity contribution in [2.24, 2.45) is 5.41 Å². The standard InChI is InChI=1S/C15H21NOS/c1-15(8-7-14(15)18)9-10-16(12-17)11-13-5-3-2-4-6-13/h2-6,12,14,18H,7-11H2,1H3. The van der Waals surface area contributed by atoms with Gasteiger partial charge in [-0.3, -0.25) is 4.79 Å². The zero-order valence-corrected chi connectivity index (χ0v) is 11.8. The van der Waals surface area contributed by atoms with E-state index in [1.165, 1.54) is 18.4 Å². The number of carbonyl (C=O) groups is 1. The van der Waals surface area contributed by atoms with Crippen LogP contribution in [0.1, 0.15) is 31.7 Å². The second-order valence-corrected chi connectivity index (χ2v) is 6.14. The molecule has 0 spiro atoms. The monoisotopic (exact) mass is 263 g/mol. The smallest absolute Gasteiger partial charge is 0.210 e. The van der Waals surface area contributed by atoms with Gasteiger partial charge in [0.1, 0.15) is 0 Å². The zero-order valence-electron chi connectivity index (χ0n) is 10.9. The van der Waals surface area contributed by atoms with Crippen LogP contribution in [0.2, 0.25) is 0 Å². The van der Waals surface area contributed by atoms with Crippen molar-refractivity contribution in [3.63, 3.8) is 0 Å². The number of thiol groups is 1. The van der Waals surface area contributed by atoms with E-state index in [0.29, 0.717) is 17.2 Å². The van der Waals surface area contributed by atoms with Crippen LogP contribution in [-0.2, 0) is 11.3 Å². The van der Waals surface area contributed by atoms with Gasteiger partial charge >= 0.3 is 0 Å². The molecule has 2 unspecified atom stereocenters. The van der Waals surface area contributed by atoms with E-state index >= 15 is 0 Å². The topological polar surface area (TPSA) is 20.3 Å². The van der Waals surface area contributed by atoms with Crippen LogP contribution < -0.4 is 0 Å². The lowest BCUT2D eigenvalue weighted by atomic mass is 9.67. The minimum atomic E-state index is 0.320. The molecule has 2 rings (SSSR count). The van der Waals surface area contributed by atoms with E-state index < -0.39 is 0 Å². The third kappa shape index (κ3) is 3.08. The van der Waals surface area contributed by atoms with Crippen LogP contribution >= 0.6 is 12.6 Å². The lowest BCUT2D eigenvalue weighted by Crippen LogP contribution is -2.41. The van der Waals surface area contributed by atoms with E-state index in [1.807, 2.05) is 23.1 Å². The first-order valence-corrected chi connectivity index (χ1v) is 7.07. The van der Waals surface area contributed by atoms with Gasteiger partial charge in [0, 0.05) is 18.3 Å². The Balaban J connectivity index is 1.85. The molecule has 2 atom stereocenters. The lowest BCUT2D eigenvalue weighted by Gasteiger charge is -2.45. The van der Waals surface area contributed by atoms with Crippen molar-refractivity contribution in [3.05, 3.63) is 35.9 Å². The minimum Gasteiger partial charge on any atom is -0.341 e. The molecule has 0 N–H and O–H groups in total. The van der Waals surface area contributed by atoms with Gasteiger partial charge in [-0.1, -0.05) is 37.3 Å². The highest BCUT2D eigenvalue weighted by molar-refractivity contribution is 7.81. The number of hydrogen-bond acceptors (Lipinski definition) is 2. The van der Waals surface area contributed by atoms with E-state index in [2.05, 4.69) is 31.7 Å². The van der Waals surface area contributed by atoms with E-state index in [1.54, 1.807) is 0 Å². The first-order valence-electron chi connectivity index (χ1n) is 6.55. The highest BCUT2D eigenvalue weighted by Crippen LogP contribution is 2.46. The summed E-state index contributed by atoms with van der Waals surface area (Å²) in [7, 11) is 0. The summed E-state index contributed by atoms with van der Waals surface area (Å²) in [6, 6.07) is 10.1. The summed E-state index contributed by atoms with van der Waals surface area (Å²) in [4.78, 5) is 13.0. The second kappa shape index (κ2) is 5.79. The number of amides is 1. The average Bonchev–Trinajstić information content (AvgIpc) is 2.42. The quantitative estimate of drug-likeness (QED) is 0.617. The van der Waals surface area contributed by atoms with Gasteiger partial charge in [-0.05, 0) is 30.2 Å². The molecule has 1 fully saturated rings. The Kier molecular flexibility index (Phi) is 4.33. The van der Waals surface area contributed by atoms with Gasteiger partial charge in [-0.2, -0.15) is 12.6 Å². The zero-order chi connectivity index (χ0) is 13.0. The molecule has 0 aliphatic heterocycles. The molecule has 1 aliphatic rings. The van der Waals surface area contributed by atoms with Crippen molar-refractivity contribution in [1.29, 1.82) is 0 Å². The Labute approximate surface area is 115 Å². The third-order valence-electron chi connectivity index (χ3n) is 4.14. The third-order valence-corrected chi connectivity index (χ3v) is 5.02. The average molecular weight is 263 g/mol. The van der Waals surface area contributed by atoms with Gasteiger partial charge in [0.15, 0.2) is 0 Å². The molecule has 1 saturated carbocycles. The van der Waals surface area contributed by atoms with Crippen molar-refractivity contribution in [2.45, 2.75) is 38.0 Å². The Bertz CT molecular complexity index is 395. The Morgan fingerprint density at radius 1 is 1.44 bits per heavy atom. The maximum absolute atomic E-state index is 11.1. The van der Waals surface area contributed by atoms with Crippen molar-refractivity contribution in [2.75, 3.05) is 6.54 Å². The molecule has 3 heteroatoms. The number of carbonyl (C=O) groups excluding carboxylic acids is 1. The molecular weight excluding hydrogens is 242 g/mol. The van der Waals surface area contributed by atoms with Crippen LogP contribution in [0.15, 0.2) is 30.3 Å².